The van der Waals surface area contributed by atoms with Gasteiger partial charge < -0.3 is 10.2 Å². The summed E-state index contributed by atoms with van der Waals surface area (Å²) in [5.41, 5.74) is 1.73. The van der Waals surface area contributed by atoms with E-state index in [-0.39, 0.29) is 17.2 Å². The summed E-state index contributed by atoms with van der Waals surface area (Å²) in [5, 5.41) is 3.09. The molecule has 2 fully saturated rings. The lowest BCUT2D eigenvalue weighted by atomic mass is 9.76. The molecule has 4 rings (SSSR count). The molecule has 126 valence electrons. The van der Waals surface area contributed by atoms with E-state index < -0.39 is 0 Å². The Hall–Kier alpha value is -2.17. The second-order valence-electron chi connectivity index (χ2n) is 7.27. The van der Waals surface area contributed by atoms with Crippen LogP contribution in [0.3, 0.4) is 0 Å². The maximum Gasteiger partial charge on any atom is 0.251 e. The third-order valence-corrected chi connectivity index (χ3v) is 5.58. The van der Waals surface area contributed by atoms with Gasteiger partial charge in [-0.2, -0.15) is 0 Å². The standard InChI is InChI=1S/C19H23N3O2/c23-17-5-9-19(13-21-18(24)15-6-10-20-11-7-15)8-1-2-16(19)22(17)12-14-3-4-14/h2,6-7,10-11,14H,1,3-5,8-9,12-13H2,(H,21,24). The Morgan fingerprint density at radius 3 is 2.83 bits per heavy atom. The van der Waals surface area contributed by atoms with Gasteiger partial charge in [-0.05, 0) is 50.2 Å². The molecule has 3 aliphatic rings. The van der Waals surface area contributed by atoms with Crippen LogP contribution in [0.2, 0.25) is 0 Å². The fourth-order valence-corrected chi connectivity index (χ4v) is 3.98. The number of hydrogen-bond acceptors (Lipinski definition) is 3. The van der Waals surface area contributed by atoms with E-state index in [0.717, 1.165) is 25.8 Å². The number of piperidine rings is 1. The maximum absolute atomic E-state index is 12.4. The van der Waals surface area contributed by atoms with Gasteiger partial charge in [0, 0.05) is 48.6 Å². The molecule has 0 spiro atoms. The van der Waals surface area contributed by atoms with E-state index in [4.69, 9.17) is 0 Å². The van der Waals surface area contributed by atoms with E-state index in [1.165, 1.54) is 18.5 Å². The lowest BCUT2D eigenvalue weighted by molar-refractivity contribution is -0.133. The summed E-state index contributed by atoms with van der Waals surface area (Å²) >= 11 is 0. The monoisotopic (exact) mass is 325 g/mol. The van der Waals surface area contributed by atoms with Crippen molar-refractivity contribution in [2.75, 3.05) is 13.1 Å². The first-order chi connectivity index (χ1) is 11.7. The highest BCUT2D eigenvalue weighted by Crippen LogP contribution is 2.48. The zero-order chi connectivity index (χ0) is 16.6. The summed E-state index contributed by atoms with van der Waals surface area (Å²) in [6.45, 7) is 1.47. The average Bonchev–Trinajstić information content (AvgIpc) is 3.33. The summed E-state index contributed by atoms with van der Waals surface area (Å²) in [7, 11) is 0. The molecule has 1 aromatic rings. The Bertz CT molecular complexity index is 681. The van der Waals surface area contributed by atoms with Gasteiger partial charge in [0.1, 0.15) is 0 Å². The third kappa shape index (κ3) is 2.83. The molecule has 1 aliphatic heterocycles. The van der Waals surface area contributed by atoms with Crippen molar-refractivity contribution in [2.45, 2.75) is 38.5 Å². The second-order valence-corrected chi connectivity index (χ2v) is 7.27. The minimum atomic E-state index is -0.0660. The largest absolute Gasteiger partial charge is 0.351 e. The number of fused-ring (bicyclic) bond motifs is 1. The van der Waals surface area contributed by atoms with Gasteiger partial charge in [0.15, 0.2) is 0 Å². The maximum atomic E-state index is 12.4. The van der Waals surface area contributed by atoms with Crippen molar-refractivity contribution in [1.29, 1.82) is 0 Å². The summed E-state index contributed by atoms with van der Waals surface area (Å²) in [5.74, 6) is 0.868. The molecule has 2 amide bonds. The second kappa shape index (κ2) is 6.04. The van der Waals surface area contributed by atoms with Crippen molar-refractivity contribution >= 4 is 11.8 Å². The van der Waals surface area contributed by atoms with Crippen LogP contribution in [0.4, 0.5) is 0 Å². The summed E-state index contributed by atoms with van der Waals surface area (Å²) in [6.07, 6.45) is 11.4. The number of hydrogen-bond donors (Lipinski definition) is 1. The van der Waals surface area contributed by atoms with Gasteiger partial charge in [-0.25, -0.2) is 0 Å². The van der Waals surface area contributed by atoms with Crippen LogP contribution in [-0.4, -0.2) is 34.8 Å². The van der Waals surface area contributed by atoms with Gasteiger partial charge in [0.05, 0.1) is 0 Å². The first kappa shape index (κ1) is 15.4. The molecule has 0 bridgehead atoms. The molecule has 1 saturated heterocycles. The Morgan fingerprint density at radius 2 is 2.08 bits per heavy atom. The fourth-order valence-electron chi connectivity index (χ4n) is 3.98. The molecule has 1 N–H and O–H groups in total. The number of nitrogens with zero attached hydrogens (tertiary/aromatic N) is 2. The highest BCUT2D eigenvalue weighted by molar-refractivity contribution is 5.94. The minimum Gasteiger partial charge on any atom is -0.351 e. The number of aromatic nitrogens is 1. The van der Waals surface area contributed by atoms with E-state index >= 15 is 0 Å². The van der Waals surface area contributed by atoms with Gasteiger partial charge in [0.2, 0.25) is 5.91 Å². The van der Waals surface area contributed by atoms with Crippen LogP contribution in [0.25, 0.3) is 0 Å². The van der Waals surface area contributed by atoms with Crippen molar-refractivity contribution in [1.82, 2.24) is 15.2 Å². The topological polar surface area (TPSA) is 62.3 Å². The van der Waals surface area contributed by atoms with Crippen molar-refractivity contribution in [3.05, 3.63) is 41.9 Å². The molecule has 1 atom stereocenters. The van der Waals surface area contributed by atoms with Crippen LogP contribution in [-0.2, 0) is 4.79 Å². The van der Waals surface area contributed by atoms with Gasteiger partial charge in [-0.15, -0.1) is 0 Å². The molecule has 2 aliphatic carbocycles. The Morgan fingerprint density at radius 1 is 1.29 bits per heavy atom. The third-order valence-electron chi connectivity index (χ3n) is 5.58. The van der Waals surface area contributed by atoms with E-state index in [9.17, 15) is 9.59 Å². The first-order valence-electron chi connectivity index (χ1n) is 8.87. The van der Waals surface area contributed by atoms with Crippen LogP contribution in [0.15, 0.2) is 36.3 Å². The molecular weight excluding hydrogens is 302 g/mol. The minimum absolute atomic E-state index is 0.0640. The molecule has 0 radical (unpaired) electrons. The Balaban J connectivity index is 1.48. The van der Waals surface area contributed by atoms with Crippen LogP contribution < -0.4 is 5.32 Å². The number of nitrogens with one attached hydrogen (secondary N) is 1. The molecular formula is C19H23N3O2. The predicted octanol–water partition coefficient (Wildman–Crippen LogP) is 2.51. The normalized spacial score (nSPS) is 26.1. The molecule has 5 nitrogen and oxygen atoms in total. The van der Waals surface area contributed by atoms with Crippen LogP contribution in [0.1, 0.15) is 48.9 Å². The number of allylic oxidation sites excluding steroid dienone is 1. The summed E-state index contributed by atoms with van der Waals surface area (Å²) in [4.78, 5) is 30.7. The van der Waals surface area contributed by atoms with Crippen LogP contribution in [0, 0.1) is 11.3 Å². The number of pyridine rings is 1. The van der Waals surface area contributed by atoms with E-state index in [1.54, 1.807) is 24.5 Å². The number of likely N-dealkylation sites (tertiary alicyclic amines) is 1. The predicted molar refractivity (Wildman–Crippen MR) is 90.0 cm³/mol. The van der Waals surface area contributed by atoms with Crippen molar-refractivity contribution < 1.29 is 9.59 Å². The summed E-state index contributed by atoms with van der Waals surface area (Å²) in [6, 6.07) is 3.45. The van der Waals surface area contributed by atoms with Gasteiger partial charge in [0.25, 0.3) is 5.91 Å². The highest BCUT2D eigenvalue weighted by atomic mass is 16.2. The Labute approximate surface area is 142 Å². The zero-order valence-electron chi connectivity index (χ0n) is 13.8. The SMILES string of the molecule is O=C(NCC12CCC=C1N(CC1CC1)C(=O)CC2)c1ccncc1. The number of carbonyl (C=O) groups is 2. The average molecular weight is 325 g/mol. The lowest BCUT2D eigenvalue weighted by Gasteiger charge is -2.42. The number of rotatable bonds is 5. The zero-order valence-corrected chi connectivity index (χ0v) is 13.8. The molecule has 1 saturated carbocycles. The highest BCUT2D eigenvalue weighted by Gasteiger charge is 2.46. The van der Waals surface area contributed by atoms with Gasteiger partial charge in [-0.1, -0.05) is 6.08 Å². The molecule has 1 unspecified atom stereocenters. The molecule has 24 heavy (non-hydrogen) atoms. The molecule has 0 aromatic carbocycles. The summed E-state index contributed by atoms with van der Waals surface area (Å²) < 4.78 is 0. The van der Waals surface area contributed by atoms with E-state index in [0.29, 0.717) is 24.4 Å². The fraction of sp³-hybridized carbons (Fsp3) is 0.526. The smallest absolute Gasteiger partial charge is 0.251 e. The van der Waals surface area contributed by atoms with Crippen molar-refractivity contribution in [3.63, 3.8) is 0 Å². The van der Waals surface area contributed by atoms with Crippen molar-refractivity contribution in [2.24, 2.45) is 11.3 Å². The van der Waals surface area contributed by atoms with E-state index in [2.05, 4.69) is 16.4 Å². The number of amides is 2. The molecule has 1 aromatic heterocycles. The van der Waals surface area contributed by atoms with E-state index in [1.807, 2.05) is 4.90 Å². The van der Waals surface area contributed by atoms with Gasteiger partial charge in [-0.3, -0.25) is 14.6 Å². The number of carbonyl (C=O) groups excluding carboxylic acids is 2. The van der Waals surface area contributed by atoms with Crippen molar-refractivity contribution in [3.8, 4) is 0 Å². The van der Waals surface area contributed by atoms with Gasteiger partial charge >= 0.3 is 0 Å². The van der Waals surface area contributed by atoms with Crippen LogP contribution in [0.5, 0.6) is 0 Å². The van der Waals surface area contributed by atoms with Crippen LogP contribution >= 0.6 is 0 Å². The first-order valence-corrected chi connectivity index (χ1v) is 8.87. The molecule has 5 heteroatoms. The quantitative estimate of drug-likeness (QED) is 0.905. The molecule has 2 heterocycles. The Kier molecular flexibility index (Phi) is 3.87. The lowest BCUT2D eigenvalue weighted by Crippen LogP contribution is -2.48.